The summed E-state index contributed by atoms with van der Waals surface area (Å²) < 4.78 is 7.67. The van der Waals surface area contributed by atoms with Gasteiger partial charge in [0.25, 0.3) is 0 Å². The Morgan fingerprint density at radius 3 is 2.80 bits per heavy atom. The maximum atomic E-state index is 12.4. The molecule has 9 heteroatoms. The van der Waals surface area contributed by atoms with Crippen LogP contribution in [0.3, 0.4) is 0 Å². The minimum absolute atomic E-state index is 0.0587. The van der Waals surface area contributed by atoms with E-state index < -0.39 is 0 Å². The number of carbonyl (C=O) groups is 1. The normalized spacial score (nSPS) is 16.1. The number of amides is 1. The van der Waals surface area contributed by atoms with Crippen molar-refractivity contribution < 1.29 is 14.6 Å². The molecule has 0 saturated carbocycles. The van der Waals surface area contributed by atoms with Gasteiger partial charge in [0, 0.05) is 24.0 Å². The van der Waals surface area contributed by atoms with Gasteiger partial charge < -0.3 is 19.7 Å². The average Bonchev–Trinajstić information content (AvgIpc) is 3.15. The molecular formula is C21H21N5O3S. The molecule has 2 N–H and O–H groups in total. The molecule has 4 heterocycles. The van der Waals surface area contributed by atoms with Crippen molar-refractivity contribution in [1.29, 1.82) is 0 Å². The third-order valence-corrected chi connectivity index (χ3v) is 5.58. The number of nitrogens with one attached hydrogen (secondary N) is 1. The summed E-state index contributed by atoms with van der Waals surface area (Å²) in [6, 6.07) is 8.95. The molecule has 0 aliphatic carbocycles. The van der Waals surface area contributed by atoms with Crippen molar-refractivity contribution in [3.63, 3.8) is 0 Å². The molecule has 0 unspecified atom stereocenters. The van der Waals surface area contributed by atoms with Crippen LogP contribution in [0.4, 0.5) is 5.69 Å². The molecule has 6 bridgehead atoms. The summed E-state index contributed by atoms with van der Waals surface area (Å²) in [5.74, 6) is 1.91. The maximum absolute atomic E-state index is 12.4. The fourth-order valence-corrected chi connectivity index (χ4v) is 3.90. The molecule has 2 aromatic heterocycles. The van der Waals surface area contributed by atoms with Crippen molar-refractivity contribution in [2.75, 3.05) is 11.1 Å². The Balaban J connectivity index is 1.77. The Labute approximate surface area is 178 Å². The van der Waals surface area contributed by atoms with Crippen molar-refractivity contribution in [1.82, 2.24) is 19.7 Å². The Morgan fingerprint density at radius 1 is 1.23 bits per heavy atom. The largest absolute Gasteiger partial charge is 0.505 e. The molecule has 0 fully saturated rings. The first kappa shape index (κ1) is 20.0. The number of hydrogen-bond donors (Lipinski definition) is 2. The monoisotopic (exact) mass is 423 g/mol. The average molecular weight is 423 g/mol. The predicted octanol–water partition coefficient (Wildman–Crippen LogP) is 3.64. The summed E-state index contributed by atoms with van der Waals surface area (Å²) in [7, 11) is 0. The zero-order chi connectivity index (χ0) is 21.1. The van der Waals surface area contributed by atoms with E-state index in [9.17, 15) is 9.90 Å². The van der Waals surface area contributed by atoms with Crippen LogP contribution >= 0.6 is 11.8 Å². The Kier molecular flexibility index (Phi) is 5.71. The molecule has 0 radical (unpaired) electrons. The van der Waals surface area contributed by atoms with E-state index in [1.165, 1.54) is 11.8 Å². The van der Waals surface area contributed by atoms with E-state index in [1.807, 2.05) is 24.5 Å². The van der Waals surface area contributed by atoms with Crippen LogP contribution in [0.2, 0.25) is 0 Å². The highest BCUT2D eigenvalue weighted by Gasteiger charge is 2.20. The van der Waals surface area contributed by atoms with Gasteiger partial charge in [0.15, 0.2) is 11.0 Å². The first-order chi connectivity index (χ1) is 14.5. The summed E-state index contributed by atoms with van der Waals surface area (Å²) in [6.07, 6.45) is 4.01. The Hall–Kier alpha value is -3.33. The topological polar surface area (TPSA) is 102 Å². The minimum Gasteiger partial charge on any atom is -0.505 e. The number of aromatic nitrogens is 4. The summed E-state index contributed by atoms with van der Waals surface area (Å²) in [5, 5.41) is 22.7. The van der Waals surface area contributed by atoms with Crippen molar-refractivity contribution in [3.05, 3.63) is 53.9 Å². The Morgan fingerprint density at radius 2 is 2.03 bits per heavy atom. The molecule has 1 amide bonds. The number of fused-ring (bicyclic) bond motifs is 7. The standard InChI is InChI=1S/C21H21N5O3S/c1-3-26-20-18-19(28)14(10-11-22-18)5-4-13(2)29-16-8-6-15(7-9-16)23-17(27)12-30-21(26)25-24-20/h4,6-11,28H,3,5,12H2,1-2H3,(H,23,27)/b13-4-. The van der Waals surface area contributed by atoms with Gasteiger partial charge in [-0.05, 0) is 56.7 Å². The molecule has 0 saturated heterocycles. The van der Waals surface area contributed by atoms with E-state index in [4.69, 9.17) is 4.74 Å². The first-order valence-corrected chi connectivity index (χ1v) is 10.5. The molecule has 0 atom stereocenters. The van der Waals surface area contributed by atoms with Crippen LogP contribution < -0.4 is 10.1 Å². The summed E-state index contributed by atoms with van der Waals surface area (Å²) in [5.41, 5.74) is 1.76. The van der Waals surface area contributed by atoms with Gasteiger partial charge >= 0.3 is 0 Å². The molecule has 154 valence electrons. The second kappa shape index (κ2) is 8.58. The second-order valence-electron chi connectivity index (χ2n) is 6.70. The number of rotatable bonds is 1. The van der Waals surface area contributed by atoms with Crippen LogP contribution in [-0.2, 0) is 17.8 Å². The predicted molar refractivity (Wildman–Crippen MR) is 114 cm³/mol. The van der Waals surface area contributed by atoms with E-state index >= 15 is 0 Å². The summed E-state index contributed by atoms with van der Waals surface area (Å²) in [4.78, 5) is 16.7. The molecule has 5 rings (SSSR count). The highest BCUT2D eigenvalue weighted by atomic mass is 32.2. The van der Waals surface area contributed by atoms with E-state index in [1.54, 1.807) is 36.5 Å². The maximum Gasteiger partial charge on any atom is 0.234 e. The zero-order valence-electron chi connectivity index (χ0n) is 16.6. The highest BCUT2D eigenvalue weighted by molar-refractivity contribution is 7.99. The van der Waals surface area contributed by atoms with Crippen molar-refractivity contribution in [2.45, 2.75) is 32.0 Å². The lowest BCUT2D eigenvalue weighted by Gasteiger charge is -2.11. The minimum atomic E-state index is -0.152. The fourth-order valence-electron chi connectivity index (χ4n) is 3.09. The van der Waals surface area contributed by atoms with Gasteiger partial charge in [-0.15, -0.1) is 10.2 Å². The van der Waals surface area contributed by atoms with Crippen molar-refractivity contribution in [2.24, 2.45) is 0 Å². The van der Waals surface area contributed by atoms with Gasteiger partial charge in [-0.25, -0.2) is 4.98 Å². The number of aromatic hydroxyl groups is 1. The van der Waals surface area contributed by atoms with Gasteiger partial charge in [0.1, 0.15) is 17.2 Å². The van der Waals surface area contributed by atoms with Crippen LogP contribution in [0.5, 0.6) is 11.5 Å². The van der Waals surface area contributed by atoms with Gasteiger partial charge in [0.2, 0.25) is 5.91 Å². The number of ether oxygens (including phenoxy) is 1. The third kappa shape index (κ3) is 4.16. The SMILES string of the molecule is CCn1c2nnc1-c1nccc(c1O)C/C=C(/C)Oc1ccc(cc1)NC(=O)CS2. The fraction of sp³-hybridized carbons (Fsp3) is 0.238. The van der Waals surface area contributed by atoms with Gasteiger partial charge in [0.05, 0.1) is 11.5 Å². The molecule has 2 aliphatic rings. The molecule has 0 spiro atoms. The van der Waals surface area contributed by atoms with Crippen LogP contribution in [0.25, 0.3) is 11.5 Å². The number of thioether (sulfide) groups is 1. The summed E-state index contributed by atoms with van der Waals surface area (Å²) in [6.45, 7) is 4.38. The van der Waals surface area contributed by atoms with Crippen LogP contribution in [0.1, 0.15) is 19.4 Å². The number of anilines is 1. The van der Waals surface area contributed by atoms with Crippen molar-refractivity contribution >= 4 is 23.4 Å². The smallest absolute Gasteiger partial charge is 0.234 e. The lowest BCUT2D eigenvalue weighted by atomic mass is 10.1. The molecule has 2 aliphatic heterocycles. The van der Waals surface area contributed by atoms with Gasteiger partial charge in [-0.1, -0.05) is 11.8 Å². The van der Waals surface area contributed by atoms with E-state index in [-0.39, 0.29) is 17.4 Å². The highest BCUT2D eigenvalue weighted by Crippen LogP contribution is 2.32. The van der Waals surface area contributed by atoms with Crippen LogP contribution in [0.15, 0.2) is 53.5 Å². The lowest BCUT2D eigenvalue weighted by molar-refractivity contribution is -0.113. The van der Waals surface area contributed by atoms with Crippen molar-refractivity contribution in [3.8, 4) is 23.0 Å². The number of allylic oxidation sites excluding steroid dienone is 2. The van der Waals surface area contributed by atoms with Gasteiger partial charge in [-0.2, -0.15) is 0 Å². The quantitative estimate of drug-likeness (QED) is 0.616. The van der Waals surface area contributed by atoms with E-state index in [2.05, 4.69) is 20.5 Å². The first-order valence-electron chi connectivity index (χ1n) is 9.53. The van der Waals surface area contributed by atoms with Gasteiger partial charge in [-0.3, -0.25) is 4.79 Å². The number of hydrogen-bond acceptors (Lipinski definition) is 7. The number of benzene rings is 1. The third-order valence-electron chi connectivity index (χ3n) is 4.61. The molecule has 1 aromatic carbocycles. The molecule has 30 heavy (non-hydrogen) atoms. The number of nitrogens with zero attached hydrogens (tertiary/aromatic N) is 4. The summed E-state index contributed by atoms with van der Waals surface area (Å²) >= 11 is 1.28. The Bertz CT molecular complexity index is 1110. The molecule has 8 nitrogen and oxygen atoms in total. The molecular weight excluding hydrogens is 402 g/mol. The number of pyridine rings is 1. The van der Waals surface area contributed by atoms with E-state index in [0.717, 1.165) is 0 Å². The van der Waals surface area contributed by atoms with E-state index in [0.29, 0.717) is 52.4 Å². The number of carbonyl (C=O) groups excluding carboxylic acids is 1. The second-order valence-corrected chi connectivity index (χ2v) is 7.64. The lowest BCUT2D eigenvalue weighted by Crippen LogP contribution is -2.14. The van der Waals surface area contributed by atoms with Crippen LogP contribution in [-0.4, -0.2) is 36.5 Å². The molecule has 3 aromatic rings. The van der Waals surface area contributed by atoms with Crippen LogP contribution in [0, 0.1) is 0 Å². The zero-order valence-corrected chi connectivity index (χ0v) is 17.4.